The number of nitrogens with zero attached hydrogens (tertiary/aromatic N) is 6. The van der Waals surface area contributed by atoms with E-state index in [4.69, 9.17) is 4.52 Å². The summed E-state index contributed by atoms with van der Waals surface area (Å²) in [6.45, 7) is 3.11. The first-order valence-electron chi connectivity index (χ1n) is 12.5. The molecule has 0 unspecified atom stereocenters. The molecule has 36 heavy (non-hydrogen) atoms. The molecule has 1 aliphatic rings. The Morgan fingerprint density at radius 1 is 1.14 bits per heavy atom. The Bertz CT molecular complexity index is 1300. The molecule has 1 atom stereocenters. The van der Waals surface area contributed by atoms with E-state index in [9.17, 15) is 8.78 Å². The molecule has 1 fully saturated rings. The van der Waals surface area contributed by atoms with Crippen molar-refractivity contribution in [3.63, 3.8) is 0 Å². The lowest BCUT2D eigenvalue weighted by Gasteiger charge is -2.25. The lowest BCUT2D eigenvalue weighted by Crippen LogP contribution is -2.27. The molecule has 1 aromatic carbocycles. The molecule has 0 spiro atoms. The summed E-state index contributed by atoms with van der Waals surface area (Å²) in [5, 5.41) is 8.66. The van der Waals surface area contributed by atoms with Crippen molar-refractivity contribution in [2.45, 2.75) is 45.6 Å². The van der Waals surface area contributed by atoms with Crippen molar-refractivity contribution in [2.75, 3.05) is 18.5 Å². The molecular formula is C27H30F2N6O. The lowest BCUT2D eigenvalue weighted by molar-refractivity contribution is 0.421. The van der Waals surface area contributed by atoms with Crippen LogP contribution >= 0.6 is 0 Å². The Morgan fingerprint density at radius 2 is 1.97 bits per heavy atom. The highest BCUT2D eigenvalue weighted by atomic mass is 19.1. The summed E-state index contributed by atoms with van der Waals surface area (Å²) in [6, 6.07) is 10.0. The number of hydrogen-bond donors (Lipinski definition) is 0. The molecule has 0 N–H and O–H groups in total. The van der Waals surface area contributed by atoms with E-state index in [-0.39, 0.29) is 18.2 Å². The van der Waals surface area contributed by atoms with Crippen LogP contribution in [-0.4, -0.2) is 38.5 Å². The summed E-state index contributed by atoms with van der Waals surface area (Å²) < 4.78 is 35.8. The molecular weight excluding hydrogens is 462 g/mol. The van der Waals surface area contributed by atoms with Gasteiger partial charge in [0, 0.05) is 25.2 Å². The third kappa shape index (κ3) is 5.45. The molecule has 3 heterocycles. The highest BCUT2D eigenvalue weighted by Crippen LogP contribution is 2.37. The van der Waals surface area contributed by atoms with Crippen molar-refractivity contribution < 1.29 is 13.3 Å². The van der Waals surface area contributed by atoms with Crippen molar-refractivity contribution in [1.82, 2.24) is 24.9 Å². The van der Waals surface area contributed by atoms with Crippen LogP contribution in [0.15, 0.2) is 53.4 Å². The standard InChI is InChI=1S/C27H30F2N6O/c1-3-6-19(13-18-9-10-18)16-34(2)27-22(29)15-30-26(31-27)24-14-25(23-11-12-36-33-23)35(32-24)17-20-7-4-5-8-21(20)28/h4-5,7-8,11-12,14-15,18-19H,3,6,9-10,13,16-17H2,1-2H3/t19-/m1/s1. The van der Waals surface area contributed by atoms with Crippen LogP contribution in [0.1, 0.15) is 44.6 Å². The third-order valence-corrected chi connectivity index (χ3v) is 6.67. The largest absolute Gasteiger partial charge is 0.364 e. The molecule has 7 nitrogen and oxygen atoms in total. The molecule has 188 valence electrons. The van der Waals surface area contributed by atoms with Gasteiger partial charge < -0.3 is 9.42 Å². The maximum Gasteiger partial charge on any atom is 0.183 e. The van der Waals surface area contributed by atoms with Gasteiger partial charge in [-0.15, -0.1) is 0 Å². The molecule has 1 saturated carbocycles. The summed E-state index contributed by atoms with van der Waals surface area (Å²) >= 11 is 0. The van der Waals surface area contributed by atoms with Gasteiger partial charge in [0.05, 0.1) is 18.4 Å². The van der Waals surface area contributed by atoms with E-state index in [2.05, 4.69) is 27.1 Å². The van der Waals surface area contributed by atoms with Gasteiger partial charge in [0.2, 0.25) is 0 Å². The maximum absolute atomic E-state index is 14.8. The van der Waals surface area contributed by atoms with Crippen molar-refractivity contribution in [2.24, 2.45) is 11.8 Å². The first-order valence-corrected chi connectivity index (χ1v) is 12.5. The smallest absolute Gasteiger partial charge is 0.183 e. The topological polar surface area (TPSA) is 72.9 Å². The first kappa shape index (κ1) is 24.1. The molecule has 0 amide bonds. The summed E-state index contributed by atoms with van der Waals surface area (Å²) in [5.41, 5.74) is 2.10. The van der Waals surface area contributed by atoms with Crippen molar-refractivity contribution in [3.05, 3.63) is 66.1 Å². The van der Waals surface area contributed by atoms with Gasteiger partial charge in [0.1, 0.15) is 23.5 Å². The van der Waals surface area contributed by atoms with Gasteiger partial charge in [-0.25, -0.2) is 18.7 Å². The minimum atomic E-state index is -0.467. The zero-order valence-corrected chi connectivity index (χ0v) is 20.6. The number of hydrogen-bond acceptors (Lipinski definition) is 6. The average Bonchev–Trinajstić information content (AvgIpc) is 3.34. The fourth-order valence-corrected chi connectivity index (χ4v) is 4.73. The van der Waals surface area contributed by atoms with Gasteiger partial charge in [-0.2, -0.15) is 5.10 Å². The monoisotopic (exact) mass is 492 g/mol. The molecule has 3 aromatic heterocycles. The van der Waals surface area contributed by atoms with E-state index in [0.717, 1.165) is 25.3 Å². The second-order valence-electron chi connectivity index (χ2n) is 9.63. The number of aromatic nitrogens is 5. The van der Waals surface area contributed by atoms with Crippen LogP contribution in [0.25, 0.3) is 22.9 Å². The Morgan fingerprint density at radius 3 is 2.69 bits per heavy atom. The maximum atomic E-state index is 14.8. The van der Waals surface area contributed by atoms with Crippen molar-refractivity contribution >= 4 is 5.82 Å². The van der Waals surface area contributed by atoms with Gasteiger partial charge in [-0.3, -0.25) is 4.68 Å². The Kier molecular flexibility index (Phi) is 7.06. The number of rotatable bonds is 11. The van der Waals surface area contributed by atoms with E-state index in [1.165, 1.54) is 37.8 Å². The van der Waals surface area contributed by atoms with Crippen LogP contribution in [-0.2, 0) is 6.54 Å². The van der Waals surface area contributed by atoms with E-state index < -0.39 is 5.82 Å². The summed E-state index contributed by atoms with van der Waals surface area (Å²) in [5.74, 6) is 1.08. The highest BCUT2D eigenvalue weighted by molar-refractivity contribution is 5.63. The third-order valence-electron chi connectivity index (χ3n) is 6.67. The number of benzene rings is 1. The normalized spacial score (nSPS) is 14.2. The van der Waals surface area contributed by atoms with Gasteiger partial charge in [-0.05, 0) is 36.8 Å². The predicted octanol–water partition coefficient (Wildman–Crippen LogP) is 5.97. The number of halogens is 2. The molecule has 4 aromatic rings. The van der Waals surface area contributed by atoms with E-state index in [1.807, 2.05) is 11.9 Å². The van der Waals surface area contributed by atoms with Crippen LogP contribution < -0.4 is 4.90 Å². The minimum Gasteiger partial charge on any atom is -0.364 e. The first-order chi connectivity index (χ1) is 17.5. The van der Waals surface area contributed by atoms with Crippen molar-refractivity contribution in [1.29, 1.82) is 0 Å². The Labute approximate surface area is 209 Å². The lowest BCUT2D eigenvalue weighted by atomic mass is 9.96. The summed E-state index contributed by atoms with van der Waals surface area (Å²) in [6.07, 6.45) is 8.66. The second-order valence-corrected chi connectivity index (χ2v) is 9.63. The van der Waals surface area contributed by atoms with Crippen LogP contribution in [0.2, 0.25) is 0 Å². The van der Waals surface area contributed by atoms with Crippen LogP contribution in [0, 0.1) is 23.5 Å². The Hall–Kier alpha value is -3.62. The van der Waals surface area contributed by atoms with Gasteiger partial charge in [0.25, 0.3) is 0 Å². The van der Waals surface area contributed by atoms with Crippen LogP contribution in [0.5, 0.6) is 0 Å². The van der Waals surface area contributed by atoms with E-state index in [1.54, 1.807) is 35.0 Å². The average molecular weight is 493 g/mol. The van der Waals surface area contributed by atoms with Crippen LogP contribution in [0.4, 0.5) is 14.6 Å². The molecule has 0 saturated heterocycles. The molecule has 0 bridgehead atoms. The zero-order chi connectivity index (χ0) is 25.1. The highest BCUT2D eigenvalue weighted by Gasteiger charge is 2.27. The minimum absolute atomic E-state index is 0.183. The molecule has 1 aliphatic carbocycles. The van der Waals surface area contributed by atoms with Gasteiger partial charge in [0.15, 0.2) is 17.5 Å². The Balaban J connectivity index is 1.45. The summed E-state index contributed by atoms with van der Waals surface area (Å²) in [4.78, 5) is 10.7. The van der Waals surface area contributed by atoms with Gasteiger partial charge in [-0.1, -0.05) is 49.5 Å². The molecule has 5 rings (SSSR count). The zero-order valence-electron chi connectivity index (χ0n) is 20.6. The van der Waals surface area contributed by atoms with E-state index >= 15 is 0 Å². The fraction of sp³-hybridized carbons (Fsp3) is 0.407. The molecule has 9 heteroatoms. The van der Waals surface area contributed by atoms with Crippen LogP contribution in [0.3, 0.4) is 0 Å². The fourth-order valence-electron chi connectivity index (χ4n) is 4.73. The predicted molar refractivity (Wildman–Crippen MR) is 133 cm³/mol. The second kappa shape index (κ2) is 10.6. The quantitative estimate of drug-likeness (QED) is 0.257. The molecule has 0 radical (unpaired) electrons. The van der Waals surface area contributed by atoms with E-state index in [0.29, 0.717) is 34.4 Å². The summed E-state index contributed by atoms with van der Waals surface area (Å²) in [7, 11) is 1.88. The van der Waals surface area contributed by atoms with Crippen molar-refractivity contribution in [3.8, 4) is 22.9 Å². The SMILES string of the molecule is CCC[C@H](CC1CC1)CN(C)c1nc(-c2cc(-c3ccon3)n(Cc3ccccc3F)n2)ncc1F. The van der Waals surface area contributed by atoms with Gasteiger partial charge >= 0.3 is 0 Å². The number of anilines is 1. The molecule has 0 aliphatic heterocycles.